The third kappa shape index (κ3) is 6.43. The first-order valence-electron chi connectivity index (χ1n) is 14.1. The Labute approximate surface area is 253 Å². The lowest BCUT2D eigenvalue weighted by Gasteiger charge is -2.34. The molecule has 1 aliphatic heterocycles. The molecule has 1 fully saturated rings. The van der Waals surface area contributed by atoms with Crippen LogP contribution >= 0.6 is 11.3 Å². The van der Waals surface area contributed by atoms with Gasteiger partial charge in [0.2, 0.25) is 5.43 Å². The molecule has 2 amide bonds. The molecule has 4 aromatic heterocycles. The van der Waals surface area contributed by atoms with Gasteiger partial charge in [0, 0.05) is 59.8 Å². The van der Waals surface area contributed by atoms with Gasteiger partial charge in [-0.3, -0.25) is 10.1 Å². The number of aromatic nitrogens is 4. The number of likely N-dealkylation sites (tertiary alicyclic amines) is 1. The number of hydrogen-bond acceptors (Lipinski definition) is 8. The minimum absolute atomic E-state index is 0.00342. The average molecular weight is 630 g/mol. The Morgan fingerprint density at radius 2 is 1.95 bits per heavy atom. The largest absolute Gasteiger partial charge is 0.477 e. The van der Waals surface area contributed by atoms with Crippen molar-refractivity contribution in [2.45, 2.75) is 45.3 Å². The summed E-state index contributed by atoms with van der Waals surface area (Å²) in [5.74, 6) is -1.31. The summed E-state index contributed by atoms with van der Waals surface area (Å²) >= 11 is 0.759. The Balaban J connectivity index is 1.66. The number of pyridine rings is 3. The molecule has 0 aromatic carbocycles. The van der Waals surface area contributed by atoms with E-state index >= 15 is 0 Å². The normalized spacial score (nSPS) is 15.8. The first kappa shape index (κ1) is 31.1. The van der Waals surface area contributed by atoms with Crippen molar-refractivity contribution >= 4 is 40.2 Å². The third-order valence-corrected chi connectivity index (χ3v) is 8.21. The summed E-state index contributed by atoms with van der Waals surface area (Å²) in [6.07, 6.45) is 2.15. The number of thiazole rings is 1. The van der Waals surface area contributed by atoms with Crippen LogP contribution in [0.2, 0.25) is 0 Å². The number of rotatable bonds is 8. The van der Waals surface area contributed by atoms with Crippen LogP contribution in [0.5, 0.6) is 0 Å². The minimum atomic E-state index is -4.67. The van der Waals surface area contributed by atoms with Crippen molar-refractivity contribution < 1.29 is 27.9 Å². The molecule has 0 saturated carbocycles. The van der Waals surface area contributed by atoms with Crippen LogP contribution in [-0.2, 0) is 6.18 Å². The molecule has 232 valence electrons. The number of aromatic carboxylic acids is 1. The van der Waals surface area contributed by atoms with Gasteiger partial charge in [0.15, 0.2) is 5.69 Å². The highest BCUT2D eigenvalue weighted by molar-refractivity contribution is 7.13. The lowest BCUT2D eigenvalue weighted by atomic mass is 10.0. The summed E-state index contributed by atoms with van der Waals surface area (Å²) in [6, 6.07) is 2.21. The van der Waals surface area contributed by atoms with Crippen molar-refractivity contribution in [1.29, 1.82) is 0 Å². The molecule has 1 saturated heterocycles. The third-order valence-electron chi connectivity index (χ3n) is 7.33. The molecule has 5 rings (SSSR count). The van der Waals surface area contributed by atoms with Crippen LogP contribution < -0.4 is 16.1 Å². The molecule has 0 unspecified atom stereocenters. The number of nitrogens with one attached hydrogen (secondary N) is 2. The highest BCUT2D eigenvalue weighted by Gasteiger charge is 2.34. The van der Waals surface area contributed by atoms with Gasteiger partial charge in [-0.2, -0.15) is 13.2 Å². The van der Waals surface area contributed by atoms with Crippen LogP contribution in [0, 0.1) is 0 Å². The number of amides is 2. The zero-order valence-electron chi connectivity index (χ0n) is 23.9. The summed E-state index contributed by atoms with van der Waals surface area (Å²) in [6.45, 7) is 6.65. The Bertz CT molecular complexity index is 1770. The molecule has 4 aromatic rings. The van der Waals surface area contributed by atoms with E-state index in [-0.39, 0.29) is 27.8 Å². The van der Waals surface area contributed by atoms with E-state index in [0.717, 1.165) is 49.1 Å². The number of nitrogens with zero attached hydrogens (tertiary/aromatic N) is 5. The Morgan fingerprint density at radius 3 is 2.64 bits per heavy atom. The number of fused-ring (bicyclic) bond motifs is 1. The standard InChI is InChI=1S/C29H30F3N7O4S/c1-3-7-38-8-5-6-17(13-38)39-14-21(27(41)42)24(40)19-9-16(11-35-25(19)39)20-12-34-23(37-28(43)33-4-2)10-18(20)26-36-22(15-44-26)29(30,31)32/h9-12,14-15,17H,3-8,13H2,1-2H3,(H,41,42)(H2,33,34,37,43)/t17-/m1/s1. The summed E-state index contributed by atoms with van der Waals surface area (Å²) in [5.41, 5.74) is -1.07. The number of carbonyl (C=O) groups excluding carboxylic acids is 1. The molecule has 1 atom stereocenters. The predicted molar refractivity (Wildman–Crippen MR) is 160 cm³/mol. The molecule has 11 nitrogen and oxygen atoms in total. The second kappa shape index (κ2) is 12.7. The molecule has 1 aliphatic rings. The van der Waals surface area contributed by atoms with Crippen LogP contribution in [-0.4, -0.2) is 67.7 Å². The minimum Gasteiger partial charge on any atom is -0.477 e. The van der Waals surface area contributed by atoms with Crippen LogP contribution in [0.25, 0.3) is 32.7 Å². The monoisotopic (exact) mass is 629 g/mol. The highest BCUT2D eigenvalue weighted by atomic mass is 32.1. The first-order chi connectivity index (χ1) is 21.0. The van der Waals surface area contributed by atoms with E-state index in [1.54, 1.807) is 11.5 Å². The highest BCUT2D eigenvalue weighted by Crippen LogP contribution is 2.39. The van der Waals surface area contributed by atoms with Gasteiger partial charge in [-0.25, -0.2) is 24.5 Å². The van der Waals surface area contributed by atoms with E-state index < -0.39 is 34.9 Å². The number of carboxylic acids is 1. The van der Waals surface area contributed by atoms with Crippen molar-refractivity contribution in [2.75, 3.05) is 31.5 Å². The van der Waals surface area contributed by atoms with Crippen LogP contribution in [0.1, 0.15) is 55.2 Å². The van der Waals surface area contributed by atoms with Crippen molar-refractivity contribution in [3.63, 3.8) is 0 Å². The van der Waals surface area contributed by atoms with Crippen molar-refractivity contribution in [3.8, 4) is 21.7 Å². The Kier molecular flexibility index (Phi) is 8.97. The van der Waals surface area contributed by atoms with E-state index in [2.05, 4.69) is 37.4 Å². The number of urea groups is 1. The van der Waals surface area contributed by atoms with E-state index in [9.17, 15) is 32.7 Å². The fourth-order valence-electron chi connectivity index (χ4n) is 5.37. The fourth-order valence-corrected chi connectivity index (χ4v) is 6.23. The van der Waals surface area contributed by atoms with E-state index in [1.165, 1.54) is 30.7 Å². The Hall–Kier alpha value is -4.37. The zero-order chi connectivity index (χ0) is 31.6. The van der Waals surface area contributed by atoms with E-state index in [1.807, 2.05) is 0 Å². The molecule has 0 spiro atoms. The Morgan fingerprint density at radius 1 is 1.16 bits per heavy atom. The van der Waals surface area contributed by atoms with Crippen molar-refractivity contribution in [3.05, 3.63) is 57.6 Å². The summed E-state index contributed by atoms with van der Waals surface area (Å²) in [4.78, 5) is 52.6. The molecule has 5 heterocycles. The molecule has 0 radical (unpaired) electrons. The molecule has 0 bridgehead atoms. The number of halogens is 3. The number of carbonyl (C=O) groups is 2. The summed E-state index contributed by atoms with van der Waals surface area (Å²) in [7, 11) is 0. The number of alkyl halides is 3. The predicted octanol–water partition coefficient (Wildman–Crippen LogP) is 5.49. The maximum Gasteiger partial charge on any atom is 0.434 e. The van der Waals surface area contributed by atoms with Gasteiger partial charge in [-0.05, 0) is 51.4 Å². The van der Waals surface area contributed by atoms with Crippen LogP contribution in [0.4, 0.5) is 23.8 Å². The second-order valence-electron chi connectivity index (χ2n) is 10.4. The zero-order valence-corrected chi connectivity index (χ0v) is 24.8. The molecule has 3 N–H and O–H groups in total. The number of piperidine rings is 1. The summed E-state index contributed by atoms with van der Waals surface area (Å²) < 4.78 is 42.0. The van der Waals surface area contributed by atoms with Gasteiger partial charge in [0.05, 0.1) is 5.39 Å². The fraction of sp³-hybridized carbons (Fsp3) is 0.379. The molecule has 44 heavy (non-hydrogen) atoms. The number of carboxylic acid groups (broad SMARTS) is 1. The van der Waals surface area contributed by atoms with Gasteiger partial charge in [0.25, 0.3) is 0 Å². The maximum absolute atomic E-state index is 13.4. The van der Waals surface area contributed by atoms with Crippen LogP contribution in [0.3, 0.4) is 0 Å². The average Bonchev–Trinajstić information content (AvgIpc) is 3.49. The lowest BCUT2D eigenvalue weighted by molar-refractivity contribution is -0.140. The van der Waals surface area contributed by atoms with Gasteiger partial charge >= 0.3 is 18.2 Å². The van der Waals surface area contributed by atoms with Gasteiger partial charge in [0.1, 0.15) is 22.0 Å². The quantitative estimate of drug-likeness (QED) is 0.232. The van der Waals surface area contributed by atoms with Gasteiger partial charge in [-0.15, -0.1) is 11.3 Å². The SMILES string of the molecule is CCCN1CCC[C@@H](n2cc(C(=O)O)c(=O)c3cc(-c4cnc(NC(=O)NCC)cc4-c4nc(C(F)(F)F)cs4)cnc32)C1. The molecular weight excluding hydrogens is 599 g/mol. The second-order valence-corrected chi connectivity index (χ2v) is 11.3. The lowest BCUT2D eigenvalue weighted by Crippen LogP contribution is -2.37. The van der Waals surface area contributed by atoms with Gasteiger partial charge in [-0.1, -0.05) is 6.92 Å². The smallest absolute Gasteiger partial charge is 0.434 e. The van der Waals surface area contributed by atoms with Crippen molar-refractivity contribution in [1.82, 2.24) is 29.7 Å². The topological polar surface area (TPSA) is 142 Å². The number of anilines is 1. The van der Waals surface area contributed by atoms with Crippen LogP contribution in [0.15, 0.2) is 40.9 Å². The molecule has 15 heteroatoms. The van der Waals surface area contributed by atoms with Crippen molar-refractivity contribution in [2.24, 2.45) is 0 Å². The molecule has 0 aliphatic carbocycles. The first-order valence-corrected chi connectivity index (χ1v) is 15.0. The van der Waals surface area contributed by atoms with E-state index in [0.29, 0.717) is 29.9 Å². The van der Waals surface area contributed by atoms with Gasteiger partial charge < -0.3 is 19.9 Å². The maximum atomic E-state index is 13.4. The number of hydrogen-bond donors (Lipinski definition) is 3. The molecular formula is C29H30F3N7O4S. The van der Waals surface area contributed by atoms with E-state index in [4.69, 9.17) is 0 Å². The summed E-state index contributed by atoms with van der Waals surface area (Å²) in [5, 5.41) is 15.9.